The number of benzene rings is 1. The minimum atomic E-state index is -2.24. The van der Waals surface area contributed by atoms with Crippen LogP contribution in [0.15, 0.2) is 47.0 Å². The van der Waals surface area contributed by atoms with Gasteiger partial charge in [-0.2, -0.15) is 0 Å². The standard InChI is InChI=1S/C24H27N3O9/c1-4-33-17(29)11-15-18(21(30)34-5-2)24(23(32)36-15)13-9-7-8-10-14(13)27(12-16(25)28)20(26)19(24)22(31)35-6-3/h7-10H,4-6,11-12,26H2,1-3H3,(H2,25,28)/t24-/m0/s1. The van der Waals surface area contributed by atoms with Gasteiger partial charge in [0.05, 0.1) is 19.8 Å². The number of primary amides is 1. The molecule has 12 heteroatoms. The third kappa shape index (κ3) is 4.25. The molecule has 2 aliphatic heterocycles. The van der Waals surface area contributed by atoms with Crippen LogP contribution in [-0.2, 0) is 48.3 Å². The molecule has 0 radical (unpaired) electrons. The minimum absolute atomic E-state index is 0.0474. The summed E-state index contributed by atoms with van der Waals surface area (Å²) in [6.45, 7) is 4.12. The van der Waals surface area contributed by atoms with Crippen molar-refractivity contribution in [2.45, 2.75) is 32.6 Å². The highest BCUT2D eigenvalue weighted by Crippen LogP contribution is 2.54. The van der Waals surface area contributed by atoms with E-state index in [0.717, 1.165) is 0 Å². The van der Waals surface area contributed by atoms with Gasteiger partial charge in [-0.25, -0.2) is 14.4 Å². The largest absolute Gasteiger partial charge is 0.466 e. The second-order valence-electron chi connectivity index (χ2n) is 7.69. The summed E-state index contributed by atoms with van der Waals surface area (Å²) in [5.74, 6) is -5.34. The van der Waals surface area contributed by atoms with Crippen molar-refractivity contribution in [1.29, 1.82) is 0 Å². The van der Waals surface area contributed by atoms with Gasteiger partial charge in [-0.3, -0.25) is 9.59 Å². The first-order chi connectivity index (χ1) is 17.1. The highest BCUT2D eigenvalue weighted by Gasteiger charge is 2.64. The van der Waals surface area contributed by atoms with Gasteiger partial charge in [-0.15, -0.1) is 0 Å². The molecule has 36 heavy (non-hydrogen) atoms. The van der Waals surface area contributed by atoms with Crippen molar-refractivity contribution in [2.24, 2.45) is 11.5 Å². The molecule has 2 aliphatic rings. The smallest absolute Gasteiger partial charge is 0.339 e. The van der Waals surface area contributed by atoms with Gasteiger partial charge in [-0.1, -0.05) is 18.2 Å². The molecule has 0 unspecified atom stereocenters. The molecule has 3 rings (SSSR count). The van der Waals surface area contributed by atoms with Crippen LogP contribution in [0.25, 0.3) is 0 Å². The Morgan fingerprint density at radius 1 is 0.944 bits per heavy atom. The van der Waals surface area contributed by atoms with Crippen LogP contribution in [0.3, 0.4) is 0 Å². The third-order valence-electron chi connectivity index (χ3n) is 5.58. The summed E-state index contributed by atoms with van der Waals surface area (Å²) in [7, 11) is 0. The number of rotatable bonds is 9. The van der Waals surface area contributed by atoms with Crippen molar-refractivity contribution in [3.63, 3.8) is 0 Å². The maximum atomic E-state index is 13.7. The Hall–Kier alpha value is -4.35. The first kappa shape index (κ1) is 26.3. The van der Waals surface area contributed by atoms with Crippen molar-refractivity contribution in [2.75, 3.05) is 31.3 Å². The van der Waals surface area contributed by atoms with Crippen LogP contribution in [0.5, 0.6) is 0 Å². The van der Waals surface area contributed by atoms with E-state index < -0.39 is 59.3 Å². The Balaban J connectivity index is 2.44. The summed E-state index contributed by atoms with van der Waals surface area (Å²) in [6, 6.07) is 6.18. The molecule has 0 bridgehead atoms. The molecule has 1 atom stereocenters. The lowest BCUT2D eigenvalue weighted by Gasteiger charge is -2.40. The van der Waals surface area contributed by atoms with Crippen LogP contribution in [0.4, 0.5) is 5.69 Å². The molecule has 1 spiro atoms. The van der Waals surface area contributed by atoms with Gasteiger partial charge in [0.15, 0.2) is 5.41 Å². The fraction of sp³-hybridized carbons (Fsp3) is 0.375. The predicted octanol–water partition coefficient (Wildman–Crippen LogP) is 0.290. The third-order valence-corrected chi connectivity index (χ3v) is 5.58. The molecule has 12 nitrogen and oxygen atoms in total. The number of para-hydroxylation sites is 1. The SMILES string of the molecule is CCOC(=O)CC1=C(C(=O)OCC)[C@]2(C(=O)O1)C(C(=O)OCC)=C(N)N(CC(N)=O)c1ccccc12. The Morgan fingerprint density at radius 3 is 2.11 bits per heavy atom. The number of cyclic esters (lactones) is 1. The van der Waals surface area contributed by atoms with E-state index in [2.05, 4.69) is 0 Å². The van der Waals surface area contributed by atoms with Gasteiger partial charge in [0, 0.05) is 11.3 Å². The number of carbonyl (C=O) groups is 5. The molecule has 0 aromatic heterocycles. The second-order valence-corrected chi connectivity index (χ2v) is 7.69. The molecule has 2 heterocycles. The normalized spacial score (nSPS) is 18.6. The molecular weight excluding hydrogens is 474 g/mol. The molecule has 0 saturated heterocycles. The van der Waals surface area contributed by atoms with Crippen molar-refractivity contribution in [3.8, 4) is 0 Å². The zero-order valence-corrected chi connectivity index (χ0v) is 20.1. The highest BCUT2D eigenvalue weighted by atomic mass is 16.6. The first-order valence-electron chi connectivity index (χ1n) is 11.3. The van der Waals surface area contributed by atoms with Crippen molar-refractivity contribution >= 4 is 35.5 Å². The number of esters is 4. The summed E-state index contributed by atoms with van der Waals surface area (Å²) in [6.07, 6.45) is -0.585. The number of amides is 1. The topological polar surface area (TPSA) is 178 Å². The predicted molar refractivity (Wildman–Crippen MR) is 124 cm³/mol. The zero-order chi connectivity index (χ0) is 26.6. The molecule has 0 fully saturated rings. The lowest BCUT2D eigenvalue weighted by Crippen LogP contribution is -2.52. The Morgan fingerprint density at radius 2 is 1.53 bits per heavy atom. The first-order valence-corrected chi connectivity index (χ1v) is 11.3. The maximum absolute atomic E-state index is 13.7. The average Bonchev–Trinajstić information content (AvgIpc) is 3.08. The molecule has 1 aromatic rings. The molecular formula is C24H27N3O9. The Bertz CT molecular complexity index is 1190. The number of nitrogens with zero attached hydrogens (tertiary/aromatic N) is 1. The molecule has 0 saturated carbocycles. The number of hydrogen-bond donors (Lipinski definition) is 2. The maximum Gasteiger partial charge on any atom is 0.339 e. The Kier molecular flexibility index (Phi) is 7.66. The molecule has 1 amide bonds. The van der Waals surface area contributed by atoms with Gasteiger partial charge >= 0.3 is 23.9 Å². The van der Waals surface area contributed by atoms with E-state index in [1.54, 1.807) is 32.9 Å². The molecule has 192 valence electrons. The lowest BCUT2D eigenvalue weighted by atomic mass is 9.66. The number of ether oxygens (including phenoxy) is 4. The van der Waals surface area contributed by atoms with Gasteiger partial charge in [-0.05, 0) is 26.8 Å². The van der Waals surface area contributed by atoms with E-state index in [4.69, 9.17) is 30.4 Å². The van der Waals surface area contributed by atoms with Gasteiger partial charge in [0.1, 0.15) is 35.7 Å². The van der Waals surface area contributed by atoms with E-state index in [9.17, 15) is 24.0 Å². The quantitative estimate of drug-likeness (QED) is 0.351. The highest BCUT2D eigenvalue weighted by molar-refractivity contribution is 6.16. The van der Waals surface area contributed by atoms with Crippen LogP contribution < -0.4 is 16.4 Å². The second kappa shape index (κ2) is 10.5. The van der Waals surface area contributed by atoms with Crippen LogP contribution in [0, 0.1) is 0 Å². The Labute approximate surface area is 206 Å². The molecule has 4 N–H and O–H groups in total. The van der Waals surface area contributed by atoms with Gasteiger partial charge in [0.2, 0.25) is 5.91 Å². The van der Waals surface area contributed by atoms with Crippen molar-refractivity contribution < 1.29 is 42.9 Å². The van der Waals surface area contributed by atoms with Crippen LogP contribution in [-0.4, -0.2) is 56.1 Å². The fourth-order valence-corrected chi connectivity index (χ4v) is 4.36. The molecule has 1 aromatic carbocycles. The monoisotopic (exact) mass is 501 g/mol. The van der Waals surface area contributed by atoms with Crippen LogP contribution >= 0.6 is 0 Å². The lowest BCUT2D eigenvalue weighted by molar-refractivity contribution is -0.148. The molecule has 0 aliphatic carbocycles. The number of carbonyl (C=O) groups excluding carboxylic acids is 5. The summed E-state index contributed by atoms with van der Waals surface area (Å²) >= 11 is 0. The number of hydrogen-bond acceptors (Lipinski definition) is 11. The van der Waals surface area contributed by atoms with Crippen molar-refractivity contribution in [3.05, 3.63) is 52.6 Å². The van der Waals surface area contributed by atoms with Gasteiger partial charge in [0.25, 0.3) is 0 Å². The number of anilines is 1. The summed E-state index contributed by atoms with van der Waals surface area (Å²) in [5, 5.41) is 0. The average molecular weight is 501 g/mol. The van der Waals surface area contributed by atoms with E-state index in [0.29, 0.717) is 0 Å². The van der Waals surface area contributed by atoms with E-state index in [-0.39, 0.29) is 42.7 Å². The van der Waals surface area contributed by atoms with Crippen LogP contribution in [0.2, 0.25) is 0 Å². The minimum Gasteiger partial charge on any atom is -0.466 e. The fourth-order valence-electron chi connectivity index (χ4n) is 4.36. The summed E-state index contributed by atoms with van der Waals surface area (Å²) < 4.78 is 20.8. The van der Waals surface area contributed by atoms with E-state index >= 15 is 0 Å². The van der Waals surface area contributed by atoms with Crippen LogP contribution in [0.1, 0.15) is 32.8 Å². The number of nitrogens with two attached hydrogens (primary N) is 2. The summed E-state index contributed by atoms with van der Waals surface area (Å²) in [4.78, 5) is 65.8. The van der Waals surface area contributed by atoms with E-state index in [1.165, 1.54) is 17.0 Å². The zero-order valence-electron chi connectivity index (χ0n) is 20.1. The van der Waals surface area contributed by atoms with Gasteiger partial charge < -0.3 is 35.3 Å². The van der Waals surface area contributed by atoms with Crippen molar-refractivity contribution in [1.82, 2.24) is 0 Å². The number of fused-ring (bicyclic) bond motifs is 2. The van der Waals surface area contributed by atoms with E-state index in [1.807, 2.05) is 0 Å². The summed E-state index contributed by atoms with van der Waals surface area (Å²) in [5.41, 5.74) is 9.01.